The molecule has 3 aromatic rings. The van der Waals surface area contributed by atoms with Crippen LogP contribution < -0.4 is 5.32 Å². The number of nitrogens with zero attached hydrogens (tertiary/aromatic N) is 1. The highest BCUT2D eigenvalue weighted by Gasteiger charge is 2.33. The molecule has 0 radical (unpaired) electrons. The van der Waals surface area contributed by atoms with Crippen LogP contribution in [0.15, 0.2) is 47.5 Å². The van der Waals surface area contributed by atoms with Crippen molar-refractivity contribution in [1.82, 2.24) is 0 Å². The summed E-state index contributed by atoms with van der Waals surface area (Å²) in [6.45, 7) is 6.80. The number of para-hydroxylation sites is 1. The predicted molar refractivity (Wildman–Crippen MR) is 139 cm³/mol. The summed E-state index contributed by atoms with van der Waals surface area (Å²) in [5.74, 6) is 0.281. The van der Waals surface area contributed by atoms with Gasteiger partial charge in [-0.1, -0.05) is 62.2 Å². The maximum absolute atomic E-state index is 13.4. The van der Waals surface area contributed by atoms with Crippen LogP contribution >= 0.6 is 34.5 Å². The molecule has 2 aromatic carbocycles. The van der Waals surface area contributed by atoms with Gasteiger partial charge in [-0.05, 0) is 60.4 Å². The molecule has 0 aliphatic heterocycles. The summed E-state index contributed by atoms with van der Waals surface area (Å²) >= 11 is 13.7. The van der Waals surface area contributed by atoms with Crippen molar-refractivity contribution in [1.29, 1.82) is 0 Å². The average molecular weight is 501 g/mol. The molecule has 0 fully saturated rings. The molecule has 0 saturated heterocycles. The Labute approximate surface area is 208 Å². The number of fused-ring (bicyclic) bond motifs is 1. The molecule has 0 spiro atoms. The van der Waals surface area contributed by atoms with E-state index in [9.17, 15) is 9.90 Å². The summed E-state index contributed by atoms with van der Waals surface area (Å²) in [6, 6.07) is 12.5. The van der Waals surface area contributed by atoms with E-state index in [1.54, 1.807) is 17.4 Å². The van der Waals surface area contributed by atoms with E-state index >= 15 is 0 Å². The molecule has 1 aliphatic rings. The Morgan fingerprint density at radius 2 is 1.94 bits per heavy atom. The van der Waals surface area contributed by atoms with E-state index < -0.39 is 0 Å². The van der Waals surface area contributed by atoms with Gasteiger partial charge < -0.3 is 10.4 Å². The van der Waals surface area contributed by atoms with Crippen molar-refractivity contribution in [2.24, 2.45) is 16.3 Å². The first-order valence-corrected chi connectivity index (χ1v) is 12.4. The fourth-order valence-corrected chi connectivity index (χ4v) is 5.94. The number of aromatic hydroxyl groups is 1. The second-order valence-corrected chi connectivity index (χ2v) is 11.3. The van der Waals surface area contributed by atoms with Crippen molar-refractivity contribution in [3.63, 3.8) is 0 Å². The van der Waals surface area contributed by atoms with Crippen molar-refractivity contribution in [2.45, 2.75) is 40.0 Å². The molecule has 1 aliphatic carbocycles. The van der Waals surface area contributed by atoms with Crippen molar-refractivity contribution >= 4 is 57.3 Å². The minimum absolute atomic E-state index is 0.0887. The first-order chi connectivity index (χ1) is 15.6. The maximum atomic E-state index is 13.4. The van der Waals surface area contributed by atoms with Gasteiger partial charge in [0.2, 0.25) is 0 Å². The largest absolute Gasteiger partial charge is 0.506 e. The number of hydrogen-bond donors (Lipinski definition) is 2. The first kappa shape index (κ1) is 23.8. The Balaban J connectivity index is 1.74. The monoisotopic (exact) mass is 500 g/mol. The molecule has 4 nitrogen and oxygen atoms in total. The van der Waals surface area contributed by atoms with E-state index in [4.69, 9.17) is 23.2 Å². The number of amides is 1. The summed E-state index contributed by atoms with van der Waals surface area (Å²) in [5, 5.41) is 14.5. The second kappa shape index (κ2) is 9.49. The SMILES string of the molecule is CC(C)(C)[C@@H]1CCc2c(sc(N=Cc3cc(Cl)cc(Cl)c3O)c2C(=O)Nc2ccccc2)C1. The van der Waals surface area contributed by atoms with E-state index in [2.05, 4.69) is 31.1 Å². The zero-order valence-electron chi connectivity index (χ0n) is 18.8. The van der Waals surface area contributed by atoms with E-state index in [1.165, 1.54) is 17.2 Å². The molecule has 1 amide bonds. The maximum Gasteiger partial charge on any atom is 0.259 e. The number of thiophene rings is 1. The highest BCUT2D eigenvalue weighted by molar-refractivity contribution is 7.16. The third-order valence-electron chi connectivity index (χ3n) is 6.11. The van der Waals surface area contributed by atoms with Crippen LogP contribution in [0.2, 0.25) is 10.0 Å². The van der Waals surface area contributed by atoms with Crippen LogP contribution in [0.4, 0.5) is 10.7 Å². The fraction of sp³-hybridized carbons (Fsp3) is 0.308. The lowest BCUT2D eigenvalue weighted by molar-refractivity contribution is 0.102. The average Bonchev–Trinajstić information content (AvgIpc) is 3.13. The number of nitrogens with one attached hydrogen (secondary N) is 1. The zero-order chi connectivity index (χ0) is 23.8. The number of phenolic OH excluding ortho intramolecular Hbond substituents is 1. The van der Waals surface area contributed by atoms with E-state index in [-0.39, 0.29) is 22.1 Å². The van der Waals surface area contributed by atoms with Gasteiger partial charge in [-0.3, -0.25) is 4.79 Å². The number of anilines is 1. The van der Waals surface area contributed by atoms with Crippen LogP contribution in [0.5, 0.6) is 5.75 Å². The normalized spacial score (nSPS) is 16.1. The molecule has 172 valence electrons. The van der Waals surface area contributed by atoms with Crippen molar-refractivity contribution in [3.8, 4) is 5.75 Å². The Bertz CT molecular complexity index is 1210. The number of phenols is 1. The molecule has 1 heterocycles. The molecular weight excluding hydrogens is 475 g/mol. The lowest BCUT2D eigenvalue weighted by Gasteiger charge is -2.33. The summed E-state index contributed by atoms with van der Waals surface area (Å²) in [5.41, 5.74) is 3.02. The molecule has 0 bridgehead atoms. The number of aliphatic imine (C=N–C) groups is 1. The van der Waals surface area contributed by atoms with Gasteiger partial charge in [0.05, 0.1) is 10.6 Å². The Morgan fingerprint density at radius 3 is 2.64 bits per heavy atom. The molecule has 4 rings (SSSR count). The number of benzene rings is 2. The lowest BCUT2D eigenvalue weighted by Crippen LogP contribution is -2.27. The number of carbonyl (C=O) groups excluding carboxylic acids is 1. The van der Waals surface area contributed by atoms with E-state index in [0.29, 0.717) is 27.1 Å². The highest BCUT2D eigenvalue weighted by atomic mass is 35.5. The van der Waals surface area contributed by atoms with Crippen LogP contribution in [0, 0.1) is 11.3 Å². The quantitative estimate of drug-likeness (QED) is 0.357. The first-order valence-electron chi connectivity index (χ1n) is 10.9. The number of carbonyl (C=O) groups is 1. The van der Waals surface area contributed by atoms with Crippen LogP contribution in [0.1, 0.15) is 53.6 Å². The molecule has 2 N–H and O–H groups in total. The van der Waals surface area contributed by atoms with Gasteiger partial charge in [0.15, 0.2) is 0 Å². The summed E-state index contributed by atoms with van der Waals surface area (Å²) in [4.78, 5) is 19.2. The third kappa shape index (κ3) is 5.26. The molecular formula is C26H26Cl2N2O2S. The highest BCUT2D eigenvalue weighted by Crippen LogP contribution is 2.45. The van der Waals surface area contributed by atoms with Crippen LogP contribution in [-0.4, -0.2) is 17.2 Å². The van der Waals surface area contributed by atoms with Crippen LogP contribution in [0.25, 0.3) is 0 Å². The van der Waals surface area contributed by atoms with Crippen LogP contribution in [-0.2, 0) is 12.8 Å². The number of halogens is 2. The molecule has 33 heavy (non-hydrogen) atoms. The molecule has 1 aromatic heterocycles. The fourth-order valence-electron chi connectivity index (χ4n) is 4.16. The van der Waals surface area contributed by atoms with Gasteiger partial charge >= 0.3 is 0 Å². The topological polar surface area (TPSA) is 61.7 Å². The van der Waals surface area contributed by atoms with E-state index in [0.717, 1.165) is 30.5 Å². The van der Waals surface area contributed by atoms with Gasteiger partial charge in [0.25, 0.3) is 5.91 Å². The van der Waals surface area contributed by atoms with Gasteiger partial charge in [-0.2, -0.15) is 0 Å². The number of rotatable bonds is 4. The molecule has 1 atom stereocenters. The zero-order valence-corrected chi connectivity index (χ0v) is 21.1. The lowest BCUT2D eigenvalue weighted by atomic mass is 9.72. The molecule has 0 saturated carbocycles. The van der Waals surface area contributed by atoms with Crippen LogP contribution in [0.3, 0.4) is 0 Å². The predicted octanol–water partition coefficient (Wildman–Crippen LogP) is 7.91. The van der Waals surface area contributed by atoms with Crippen molar-refractivity contribution in [3.05, 3.63) is 74.1 Å². The van der Waals surface area contributed by atoms with Crippen molar-refractivity contribution in [2.75, 3.05) is 5.32 Å². The second-order valence-electron chi connectivity index (χ2n) is 9.39. The van der Waals surface area contributed by atoms with Crippen molar-refractivity contribution < 1.29 is 9.90 Å². The summed E-state index contributed by atoms with van der Waals surface area (Å²) in [7, 11) is 0. The summed E-state index contributed by atoms with van der Waals surface area (Å²) in [6.07, 6.45) is 4.32. The van der Waals surface area contributed by atoms with E-state index in [1.807, 2.05) is 30.3 Å². The third-order valence-corrected chi connectivity index (χ3v) is 7.78. The Hall–Kier alpha value is -2.34. The summed E-state index contributed by atoms with van der Waals surface area (Å²) < 4.78 is 0. The van der Waals surface area contributed by atoms with Gasteiger partial charge in [0, 0.05) is 27.4 Å². The standard InChI is InChI=1S/C26H26Cl2N2O2S/c1-26(2,3)16-9-10-19-21(12-16)33-25(22(19)24(32)30-18-7-5-4-6-8-18)29-14-15-11-17(27)13-20(28)23(15)31/h4-8,11,13-14,16,31H,9-10,12H2,1-3H3,(H,30,32)/t16-/m1/s1. The smallest absolute Gasteiger partial charge is 0.259 e. The van der Waals surface area contributed by atoms with Gasteiger partial charge in [0.1, 0.15) is 10.8 Å². The van der Waals surface area contributed by atoms with Gasteiger partial charge in [-0.25, -0.2) is 4.99 Å². The molecule has 7 heteroatoms. The Morgan fingerprint density at radius 1 is 1.21 bits per heavy atom. The minimum Gasteiger partial charge on any atom is -0.506 e. The number of hydrogen-bond acceptors (Lipinski definition) is 4. The molecule has 0 unspecified atom stereocenters. The van der Waals surface area contributed by atoms with Gasteiger partial charge in [-0.15, -0.1) is 11.3 Å². The Kier molecular flexibility index (Phi) is 6.85. The minimum atomic E-state index is -0.173.